The van der Waals surface area contributed by atoms with Crippen molar-refractivity contribution >= 4 is 63.4 Å². The van der Waals surface area contributed by atoms with Crippen molar-refractivity contribution in [3.05, 3.63) is 148 Å². The fourth-order valence-electron chi connectivity index (χ4n) is 4.35. The molecule has 0 aliphatic carbocycles. The van der Waals surface area contributed by atoms with Gasteiger partial charge in [-0.15, -0.1) is 11.8 Å². The number of anilines is 2. The summed E-state index contributed by atoms with van der Waals surface area (Å²) in [6.07, 6.45) is 1.27. The number of nitro benzene ring substituents is 1. The van der Waals surface area contributed by atoms with E-state index in [4.69, 9.17) is 0 Å². The maximum Gasteiger partial charge on any atom is 0.276 e. The molecule has 0 saturated carbocycles. The smallest absolute Gasteiger partial charge is 0.276 e. The van der Waals surface area contributed by atoms with Gasteiger partial charge in [-0.1, -0.05) is 66.7 Å². The highest BCUT2D eigenvalue weighted by Crippen LogP contribution is 2.25. The van der Waals surface area contributed by atoms with E-state index in [1.807, 2.05) is 48.5 Å². The van der Waals surface area contributed by atoms with E-state index in [2.05, 4.69) is 16.0 Å². The Balaban J connectivity index is 1.29. The number of rotatable bonds is 10. The van der Waals surface area contributed by atoms with Crippen LogP contribution in [0.3, 0.4) is 0 Å². The van der Waals surface area contributed by atoms with Gasteiger partial charge in [-0.2, -0.15) is 0 Å². The summed E-state index contributed by atoms with van der Waals surface area (Å²) in [4.78, 5) is 50.7. The third-order valence-corrected chi connectivity index (χ3v) is 7.45. The van der Waals surface area contributed by atoms with Crippen molar-refractivity contribution in [1.29, 1.82) is 0 Å². The Morgan fingerprint density at radius 3 is 2.23 bits per heavy atom. The van der Waals surface area contributed by atoms with E-state index in [1.165, 1.54) is 36.0 Å². The number of carbonyl (C=O) groups excluding carboxylic acids is 3. The highest BCUT2D eigenvalue weighted by Gasteiger charge is 2.18. The molecule has 10 heteroatoms. The molecule has 5 rings (SSSR count). The normalized spacial score (nSPS) is 11.0. The molecule has 218 valence electrons. The molecule has 9 nitrogen and oxygen atoms in total. The predicted octanol–water partition coefficient (Wildman–Crippen LogP) is 6.89. The standard InChI is InChI=1S/C34H26N4O5S/c39-32(35-28-18-17-23-9-4-5-12-25(23)19-28)22-44-29-15-8-14-27(21-29)36-34(41)30(37-33(40)24-10-2-1-3-11-24)20-26-13-6-7-16-31(26)38(42)43/h1-21H,22H2,(H,35,39)(H,36,41)(H,37,40)/b30-20+. The minimum absolute atomic E-state index is 0.139. The maximum atomic E-state index is 13.4. The summed E-state index contributed by atoms with van der Waals surface area (Å²) in [5, 5.41) is 21.9. The molecule has 5 aromatic carbocycles. The lowest BCUT2D eigenvalue weighted by Crippen LogP contribution is -2.30. The third kappa shape index (κ3) is 7.75. The number of thioether (sulfide) groups is 1. The van der Waals surface area contributed by atoms with Crippen LogP contribution in [0.5, 0.6) is 0 Å². The number of nitrogens with zero attached hydrogens (tertiary/aromatic N) is 1. The first-order valence-electron chi connectivity index (χ1n) is 13.5. The van der Waals surface area contributed by atoms with Crippen LogP contribution in [0.15, 0.2) is 132 Å². The second kappa shape index (κ2) is 14.0. The zero-order chi connectivity index (χ0) is 30.9. The Hall–Kier alpha value is -5.74. The van der Waals surface area contributed by atoms with Gasteiger partial charge in [-0.25, -0.2) is 0 Å². The molecular formula is C34H26N4O5S. The molecule has 0 radical (unpaired) electrons. The second-order valence-electron chi connectivity index (χ2n) is 9.57. The first kappa shape index (κ1) is 29.7. The van der Waals surface area contributed by atoms with Gasteiger partial charge in [0.2, 0.25) is 5.91 Å². The minimum Gasteiger partial charge on any atom is -0.325 e. The molecule has 0 fully saturated rings. The number of hydrogen-bond acceptors (Lipinski definition) is 6. The van der Waals surface area contributed by atoms with Crippen LogP contribution in [0, 0.1) is 10.1 Å². The highest BCUT2D eigenvalue weighted by molar-refractivity contribution is 8.00. The molecule has 0 spiro atoms. The molecule has 3 amide bonds. The summed E-state index contributed by atoms with van der Waals surface area (Å²) in [5.74, 6) is -1.27. The van der Waals surface area contributed by atoms with Gasteiger partial charge in [0.05, 0.1) is 16.2 Å². The van der Waals surface area contributed by atoms with Crippen molar-refractivity contribution in [2.45, 2.75) is 4.90 Å². The maximum absolute atomic E-state index is 13.4. The molecule has 0 unspecified atom stereocenters. The third-order valence-electron chi connectivity index (χ3n) is 6.46. The first-order chi connectivity index (χ1) is 21.4. The molecule has 0 saturated heterocycles. The van der Waals surface area contributed by atoms with Gasteiger partial charge in [0.25, 0.3) is 17.5 Å². The lowest BCUT2D eigenvalue weighted by Gasteiger charge is -2.12. The summed E-state index contributed by atoms with van der Waals surface area (Å²) >= 11 is 1.29. The molecule has 0 atom stereocenters. The van der Waals surface area contributed by atoms with Gasteiger partial charge in [0.15, 0.2) is 0 Å². The molecule has 5 aromatic rings. The fraction of sp³-hybridized carbons (Fsp3) is 0.0294. The topological polar surface area (TPSA) is 130 Å². The fourth-order valence-corrected chi connectivity index (χ4v) is 5.10. The number of nitrogens with one attached hydrogen (secondary N) is 3. The van der Waals surface area contributed by atoms with Gasteiger partial charge >= 0.3 is 0 Å². The number of nitro groups is 1. The molecule has 0 heterocycles. The lowest BCUT2D eigenvalue weighted by atomic mass is 10.1. The van der Waals surface area contributed by atoms with Crippen LogP contribution >= 0.6 is 11.8 Å². The van der Waals surface area contributed by atoms with Crippen molar-refractivity contribution < 1.29 is 19.3 Å². The number of carbonyl (C=O) groups is 3. The van der Waals surface area contributed by atoms with Crippen molar-refractivity contribution in [3.63, 3.8) is 0 Å². The SMILES string of the molecule is O=C(CSc1cccc(NC(=O)/C(=C\c2ccccc2[N+](=O)[O-])NC(=O)c2ccccc2)c1)Nc1ccc2ccccc2c1. The number of para-hydroxylation sites is 1. The summed E-state index contributed by atoms with van der Waals surface area (Å²) < 4.78 is 0. The van der Waals surface area contributed by atoms with Crippen molar-refractivity contribution in [2.24, 2.45) is 0 Å². The zero-order valence-corrected chi connectivity index (χ0v) is 24.0. The number of fused-ring (bicyclic) bond motifs is 1. The van der Waals surface area contributed by atoms with Crippen LogP contribution in [0.4, 0.5) is 17.1 Å². The summed E-state index contributed by atoms with van der Waals surface area (Å²) in [6, 6.07) is 34.7. The van der Waals surface area contributed by atoms with Crippen LogP contribution < -0.4 is 16.0 Å². The molecule has 0 aromatic heterocycles. The Labute approximate surface area is 257 Å². The van der Waals surface area contributed by atoms with E-state index in [9.17, 15) is 24.5 Å². The quantitative estimate of drug-likeness (QED) is 0.0691. The second-order valence-corrected chi connectivity index (χ2v) is 10.6. The van der Waals surface area contributed by atoms with Gasteiger partial charge in [-0.3, -0.25) is 24.5 Å². The van der Waals surface area contributed by atoms with E-state index >= 15 is 0 Å². The molecular weight excluding hydrogens is 576 g/mol. The van der Waals surface area contributed by atoms with Gasteiger partial charge < -0.3 is 16.0 Å². The number of hydrogen-bond donors (Lipinski definition) is 3. The van der Waals surface area contributed by atoms with E-state index in [-0.39, 0.29) is 28.6 Å². The first-order valence-corrected chi connectivity index (χ1v) is 14.5. The Morgan fingerprint density at radius 2 is 1.43 bits per heavy atom. The Morgan fingerprint density at radius 1 is 0.727 bits per heavy atom. The summed E-state index contributed by atoms with van der Waals surface area (Å²) in [7, 11) is 0. The average Bonchev–Trinajstić information content (AvgIpc) is 3.04. The van der Waals surface area contributed by atoms with Gasteiger partial charge in [0, 0.05) is 27.9 Å². The Kier molecular flexibility index (Phi) is 9.43. The monoisotopic (exact) mass is 602 g/mol. The molecule has 3 N–H and O–H groups in total. The van der Waals surface area contributed by atoms with E-state index in [0.29, 0.717) is 16.9 Å². The van der Waals surface area contributed by atoms with Crippen LogP contribution in [0.2, 0.25) is 0 Å². The van der Waals surface area contributed by atoms with Crippen molar-refractivity contribution in [3.8, 4) is 0 Å². The molecule has 0 aliphatic rings. The van der Waals surface area contributed by atoms with Crippen LogP contribution in [0.1, 0.15) is 15.9 Å². The lowest BCUT2D eigenvalue weighted by molar-refractivity contribution is -0.385. The van der Waals surface area contributed by atoms with Crippen molar-refractivity contribution in [1.82, 2.24) is 5.32 Å². The summed E-state index contributed by atoms with van der Waals surface area (Å²) in [5.41, 5.74) is 1.18. The molecule has 0 aliphatic heterocycles. The number of amides is 3. The molecule has 44 heavy (non-hydrogen) atoms. The number of benzene rings is 5. The van der Waals surface area contributed by atoms with Crippen LogP contribution in [-0.4, -0.2) is 28.4 Å². The predicted molar refractivity (Wildman–Crippen MR) is 173 cm³/mol. The van der Waals surface area contributed by atoms with Crippen LogP contribution in [0.25, 0.3) is 16.8 Å². The van der Waals surface area contributed by atoms with Crippen LogP contribution in [-0.2, 0) is 9.59 Å². The summed E-state index contributed by atoms with van der Waals surface area (Å²) in [6.45, 7) is 0. The van der Waals surface area contributed by atoms with E-state index < -0.39 is 16.7 Å². The van der Waals surface area contributed by atoms with Gasteiger partial charge in [-0.05, 0) is 65.4 Å². The minimum atomic E-state index is -0.677. The zero-order valence-electron chi connectivity index (χ0n) is 23.2. The molecule has 0 bridgehead atoms. The average molecular weight is 603 g/mol. The van der Waals surface area contributed by atoms with Crippen molar-refractivity contribution in [2.75, 3.05) is 16.4 Å². The largest absolute Gasteiger partial charge is 0.325 e. The van der Waals surface area contributed by atoms with E-state index in [1.54, 1.807) is 54.6 Å². The Bertz CT molecular complexity index is 1890. The van der Waals surface area contributed by atoms with Gasteiger partial charge in [0.1, 0.15) is 5.70 Å². The van der Waals surface area contributed by atoms with E-state index in [0.717, 1.165) is 15.7 Å². The highest BCUT2D eigenvalue weighted by atomic mass is 32.2.